The summed E-state index contributed by atoms with van der Waals surface area (Å²) in [7, 11) is 0. The molecule has 4 heteroatoms. The van der Waals surface area contributed by atoms with Crippen LogP contribution in [0.4, 0.5) is 0 Å². The Morgan fingerprint density at radius 3 is 2.83 bits per heavy atom. The van der Waals surface area contributed by atoms with Crippen LogP contribution in [0.15, 0.2) is 0 Å². The molecule has 1 saturated heterocycles. The average molecular weight is 171 g/mol. The van der Waals surface area contributed by atoms with Crippen molar-refractivity contribution >= 4 is 5.91 Å². The topological polar surface area (TPSA) is 58.4 Å². The maximum atomic E-state index is 10.7. The zero-order chi connectivity index (χ0) is 9.19. The first-order valence-corrected chi connectivity index (χ1v) is 4.26. The second-order valence-electron chi connectivity index (χ2n) is 3.88. The van der Waals surface area contributed by atoms with Gasteiger partial charge in [0.2, 0.25) is 5.91 Å². The number of primary amides is 1. The SMILES string of the molecule is CC1(C)CNCCN1CC(N)=O. The smallest absolute Gasteiger partial charge is 0.231 e. The summed E-state index contributed by atoms with van der Waals surface area (Å²) in [6.07, 6.45) is 0. The van der Waals surface area contributed by atoms with Gasteiger partial charge >= 0.3 is 0 Å². The highest BCUT2D eigenvalue weighted by atomic mass is 16.1. The summed E-state index contributed by atoms with van der Waals surface area (Å²) in [6, 6.07) is 0. The van der Waals surface area contributed by atoms with Crippen LogP contribution in [0.25, 0.3) is 0 Å². The molecule has 4 nitrogen and oxygen atoms in total. The molecule has 0 radical (unpaired) electrons. The Bertz CT molecular complexity index is 179. The minimum absolute atomic E-state index is 0.0489. The molecule has 0 bridgehead atoms. The minimum Gasteiger partial charge on any atom is -0.369 e. The van der Waals surface area contributed by atoms with E-state index in [2.05, 4.69) is 24.1 Å². The highest BCUT2D eigenvalue weighted by Crippen LogP contribution is 2.14. The van der Waals surface area contributed by atoms with Crippen molar-refractivity contribution < 1.29 is 4.79 Å². The summed E-state index contributed by atoms with van der Waals surface area (Å²) in [6.45, 7) is 7.35. The highest BCUT2D eigenvalue weighted by molar-refractivity contribution is 5.76. The van der Waals surface area contributed by atoms with Gasteiger partial charge in [-0.1, -0.05) is 0 Å². The Morgan fingerprint density at radius 2 is 2.33 bits per heavy atom. The molecular weight excluding hydrogens is 154 g/mol. The van der Waals surface area contributed by atoms with Gasteiger partial charge in [-0.15, -0.1) is 0 Å². The van der Waals surface area contributed by atoms with Crippen LogP contribution < -0.4 is 11.1 Å². The number of carbonyl (C=O) groups is 1. The molecule has 0 atom stereocenters. The van der Waals surface area contributed by atoms with Crippen molar-refractivity contribution in [1.82, 2.24) is 10.2 Å². The zero-order valence-corrected chi connectivity index (χ0v) is 7.76. The number of nitrogens with one attached hydrogen (secondary N) is 1. The van der Waals surface area contributed by atoms with Crippen LogP contribution in [0.2, 0.25) is 0 Å². The maximum absolute atomic E-state index is 10.7. The standard InChI is InChI=1S/C8H17N3O/c1-8(2)6-10-3-4-11(8)5-7(9)12/h10H,3-6H2,1-2H3,(H2,9,12). The number of nitrogens with two attached hydrogens (primary N) is 1. The minimum atomic E-state index is -0.245. The van der Waals surface area contributed by atoms with Gasteiger partial charge in [0.1, 0.15) is 0 Å². The van der Waals surface area contributed by atoms with Gasteiger partial charge in [-0.3, -0.25) is 9.69 Å². The third-order valence-electron chi connectivity index (χ3n) is 2.32. The normalized spacial score (nSPS) is 23.8. The molecule has 1 aliphatic heterocycles. The Balaban J connectivity index is 2.54. The van der Waals surface area contributed by atoms with E-state index in [4.69, 9.17) is 5.73 Å². The second kappa shape index (κ2) is 3.41. The summed E-state index contributed by atoms with van der Waals surface area (Å²) in [5.74, 6) is -0.245. The molecule has 0 aromatic heterocycles. The number of hydrogen-bond acceptors (Lipinski definition) is 3. The van der Waals surface area contributed by atoms with Crippen LogP contribution >= 0.6 is 0 Å². The Kier molecular flexibility index (Phi) is 2.69. The zero-order valence-electron chi connectivity index (χ0n) is 7.76. The third kappa shape index (κ3) is 2.19. The summed E-state index contributed by atoms with van der Waals surface area (Å²) < 4.78 is 0. The van der Waals surface area contributed by atoms with Crippen LogP contribution in [-0.2, 0) is 4.79 Å². The largest absolute Gasteiger partial charge is 0.369 e. The second-order valence-corrected chi connectivity index (χ2v) is 3.88. The summed E-state index contributed by atoms with van der Waals surface area (Å²) in [4.78, 5) is 12.8. The quantitative estimate of drug-likeness (QED) is 0.569. The van der Waals surface area contributed by atoms with Crippen LogP contribution in [0.5, 0.6) is 0 Å². The van der Waals surface area contributed by atoms with Crippen molar-refractivity contribution in [3.63, 3.8) is 0 Å². The number of amides is 1. The fraction of sp³-hybridized carbons (Fsp3) is 0.875. The van der Waals surface area contributed by atoms with E-state index in [0.717, 1.165) is 19.6 Å². The molecule has 1 fully saturated rings. The van der Waals surface area contributed by atoms with E-state index < -0.39 is 0 Å². The monoisotopic (exact) mass is 171 g/mol. The summed E-state index contributed by atoms with van der Waals surface area (Å²) in [5.41, 5.74) is 5.19. The first-order chi connectivity index (χ1) is 5.52. The lowest BCUT2D eigenvalue weighted by Crippen LogP contribution is -2.59. The first kappa shape index (κ1) is 9.48. The van der Waals surface area contributed by atoms with Gasteiger partial charge in [0.15, 0.2) is 0 Å². The molecule has 0 aromatic carbocycles. The number of rotatable bonds is 2. The highest BCUT2D eigenvalue weighted by Gasteiger charge is 2.29. The van der Waals surface area contributed by atoms with E-state index in [1.165, 1.54) is 0 Å². The molecule has 12 heavy (non-hydrogen) atoms. The molecular formula is C8H17N3O. The fourth-order valence-electron chi connectivity index (χ4n) is 1.50. The molecule has 1 aliphatic rings. The lowest BCUT2D eigenvalue weighted by Gasteiger charge is -2.42. The van der Waals surface area contributed by atoms with E-state index in [1.807, 2.05) is 0 Å². The molecule has 1 amide bonds. The predicted octanol–water partition coefficient (Wildman–Crippen LogP) is -0.844. The van der Waals surface area contributed by atoms with Gasteiger partial charge < -0.3 is 11.1 Å². The molecule has 0 aliphatic carbocycles. The van der Waals surface area contributed by atoms with Crippen LogP contribution in [-0.4, -0.2) is 42.5 Å². The molecule has 3 N–H and O–H groups in total. The van der Waals surface area contributed by atoms with Crippen molar-refractivity contribution in [3.05, 3.63) is 0 Å². The van der Waals surface area contributed by atoms with Gasteiger partial charge in [-0.05, 0) is 13.8 Å². The number of nitrogens with zero attached hydrogens (tertiary/aromatic N) is 1. The van der Waals surface area contributed by atoms with Crippen molar-refractivity contribution in [3.8, 4) is 0 Å². The van der Waals surface area contributed by atoms with Gasteiger partial charge in [-0.25, -0.2) is 0 Å². The van der Waals surface area contributed by atoms with Gasteiger partial charge in [0.05, 0.1) is 6.54 Å². The Morgan fingerprint density at radius 1 is 1.67 bits per heavy atom. The van der Waals surface area contributed by atoms with E-state index in [-0.39, 0.29) is 11.4 Å². The van der Waals surface area contributed by atoms with E-state index >= 15 is 0 Å². The first-order valence-electron chi connectivity index (χ1n) is 4.26. The summed E-state index contributed by atoms with van der Waals surface area (Å²) in [5, 5.41) is 3.28. The number of hydrogen-bond donors (Lipinski definition) is 2. The van der Waals surface area contributed by atoms with E-state index in [1.54, 1.807) is 0 Å². The lowest BCUT2D eigenvalue weighted by molar-refractivity contribution is -0.120. The molecule has 70 valence electrons. The van der Waals surface area contributed by atoms with Crippen molar-refractivity contribution in [2.24, 2.45) is 5.73 Å². The molecule has 1 rings (SSSR count). The Labute approximate surface area is 73.1 Å². The lowest BCUT2D eigenvalue weighted by atomic mass is 10.0. The van der Waals surface area contributed by atoms with Gasteiger partial charge in [-0.2, -0.15) is 0 Å². The number of carbonyl (C=O) groups excluding carboxylic acids is 1. The van der Waals surface area contributed by atoms with Crippen molar-refractivity contribution in [2.45, 2.75) is 19.4 Å². The summed E-state index contributed by atoms with van der Waals surface area (Å²) >= 11 is 0. The van der Waals surface area contributed by atoms with Crippen molar-refractivity contribution in [1.29, 1.82) is 0 Å². The van der Waals surface area contributed by atoms with Gasteiger partial charge in [0.25, 0.3) is 0 Å². The van der Waals surface area contributed by atoms with E-state index in [0.29, 0.717) is 6.54 Å². The number of piperazine rings is 1. The molecule has 0 aromatic rings. The van der Waals surface area contributed by atoms with Crippen LogP contribution in [0, 0.1) is 0 Å². The van der Waals surface area contributed by atoms with Crippen LogP contribution in [0.3, 0.4) is 0 Å². The molecule has 1 heterocycles. The van der Waals surface area contributed by atoms with Crippen molar-refractivity contribution in [2.75, 3.05) is 26.2 Å². The Hall–Kier alpha value is -0.610. The molecule has 0 spiro atoms. The maximum Gasteiger partial charge on any atom is 0.231 e. The average Bonchev–Trinajstić information content (AvgIpc) is 1.92. The fourth-order valence-corrected chi connectivity index (χ4v) is 1.50. The molecule has 0 saturated carbocycles. The predicted molar refractivity (Wildman–Crippen MR) is 47.7 cm³/mol. The van der Waals surface area contributed by atoms with Gasteiger partial charge in [0, 0.05) is 25.2 Å². The van der Waals surface area contributed by atoms with Crippen LogP contribution in [0.1, 0.15) is 13.8 Å². The third-order valence-corrected chi connectivity index (χ3v) is 2.32. The molecule has 0 unspecified atom stereocenters. The van der Waals surface area contributed by atoms with E-state index in [9.17, 15) is 4.79 Å².